The smallest absolute Gasteiger partial charge is 0.0558 e. The van der Waals surface area contributed by atoms with Gasteiger partial charge in [0.05, 0.1) is 6.61 Å². The molecule has 0 radical (unpaired) electrons. The van der Waals surface area contributed by atoms with Crippen LogP contribution in [0.3, 0.4) is 0 Å². The Hall–Kier alpha value is -0.160. The summed E-state index contributed by atoms with van der Waals surface area (Å²) in [5, 5.41) is 13.0. The van der Waals surface area contributed by atoms with Crippen molar-refractivity contribution in [1.29, 1.82) is 0 Å². The Kier molecular flexibility index (Phi) is 6.75. The fourth-order valence-electron chi connectivity index (χ4n) is 3.11. The lowest BCUT2D eigenvalue weighted by Gasteiger charge is -2.41. The van der Waals surface area contributed by atoms with Gasteiger partial charge in [0.15, 0.2) is 0 Å². The lowest BCUT2D eigenvalue weighted by molar-refractivity contribution is -0.00688. The molecule has 0 aromatic rings. The lowest BCUT2D eigenvalue weighted by Crippen LogP contribution is -2.48. The van der Waals surface area contributed by atoms with E-state index in [0.717, 1.165) is 58.3 Å². The highest BCUT2D eigenvalue weighted by molar-refractivity contribution is 4.91. The van der Waals surface area contributed by atoms with E-state index in [0.29, 0.717) is 5.41 Å². The molecule has 0 unspecified atom stereocenters. The van der Waals surface area contributed by atoms with Gasteiger partial charge in [-0.05, 0) is 44.1 Å². The van der Waals surface area contributed by atoms with E-state index in [1.807, 2.05) is 0 Å². The van der Waals surface area contributed by atoms with Crippen molar-refractivity contribution in [3.8, 4) is 0 Å². The summed E-state index contributed by atoms with van der Waals surface area (Å²) in [6.45, 7) is 8.45. The minimum atomic E-state index is 0.270. The molecule has 118 valence electrons. The molecular weight excluding hydrogens is 252 g/mol. The molecule has 2 rings (SSSR count). The van der Waals surface area contributed by atoms with Crippen LogP contribution in [0.1, 0.15) is 45.4 Å². The quantitative estimate of drug-likeness (QED) is 0.640. The molecule has 1 aliphatic heterocycles. The molecule has 2 fully saturated rings. The first-order valence-electron chi connectivity index (χ1n) is 8.42. The maximum absolute atomic E-state index is 9.30. The van der Waals surface area contributed by atoms with Gasteiger partial charge in [0, 0.05) is 38.9 Å². The number of hydrogen-bond acceptors (Lipinski definition) is 4. The van der Waals surface area contributed by atoms with E-state index in [9.17, 15) is 5.11 Å². The molecular formula is C16H32N2O2. The minimum Gasteiger partial charge on any atom is -0.395 e. The van der Waals surface area contributed by atoms with Crippen LogP contribution in [-0.2, 0) is 4.74 Å². The second kappa shape index (κ2) is 8.32. The summed E-state index contributed by atoms with van der Waals surface area (Å²) in [7, 11) is 0. The third-order valence-electron chi connectivity index (χ3n) is 4.70. The minimum absolute atomic E-state index is 0.270. The van der Waals surface area contributed by atoms with Gasteiger partial charge in [-0.15, -0.1) is 0 Å². The van der Waals surface area contributed by atoms with Crippen LogP contribution in [0.2, 0.25) is 0 Å². The summed E-state index contributed by atoms with van der Waals surface area (Å²) >= 11 is 0. The van der Waals surface area contributed by atoms with Gasteiger partial charge in [0.2, 0.25) is 0 Å². The molecule has 0 atom stereocenters. The number of aliphatic hydroxyl groups excluding tert-OH is 1. The average Bonchev–Trinajstić information content (AvgIpc) is 3.28. The number of rotatable bonds is 10. The van der Waals surface area contributed by atoms with Crippen LogP contribution >= 0.6 is 0 Å². The highest BCUT2D eigenvalue weighted by Crippen LogP contribution is 2.32. The van der Waals surface area contributed by atoms with E-state index in [4.69, 9.17) is 4.74 Å². The van der Waals surface area contributed by atoms with Crippen LogP contribution in [0.5, 0.6) is 0 Å². The van der Waals surface area contributed by atoms with Gasteiger partial charge in [0.25, 0.3) is 0 Å². The average molecular weight is 284 g/mol. The first-order chi connectivity index (χ1) is 9.78. The van der Waals surface area contributed by atoms with Crippen molar-refractivity contribution in [1.82, 2.24) is 10.2 Å². The summed E-state index contributed by atoms with van der Waals surface area (Å²) in [6, 6.07) is 0.775. The number of ether oxygens (including phenoxy) is 1. The van der Waals surface area contributed by atoms with E-state index >= 15 is 0 Å². The number of unbranched alkanes of at least 4 members (excludes halogenated alkanes) is 1. The predicted octanol–water partition coefficient (Wildman–Crippen LogP) is 1.63. The molecule has 0 aromatic carbocycles. The Morgan fingerprint density at radius 1 is 1.25 bits per heavy atom. The lowest BCUT2D eigenvalue weighted by atomic mass is 9.79. The standard InChI is InChI=1S/C16H32N2O2/c1-2-3-8-18(9-10-19)14-16(6-11-20-12-7-16)13-17-15-4-5-15/h15,17,19H,2-14H2,1H3. The normalized spacial score (nSPS) is 22.4. The summed E-state index contributed by atoms with van der Waals surface area (Å²) in [5.41, 5.74) is 0.351. The second-order valence-corrected chi connectivity index (χ2v) is 6.62. The number of nitrogens with one attached hydrogen (secondary N) is 1. The van der Waals surface area contributed by atoms with Crippen LogP contribution in [0.15, 0.2) is 0 Å². The zero-order valence-corrected chi connectivity index (χ0v) is 13.1. The van der Waals surface area contributed by atoms with E-state index in [2.05, 4.69) is 17.1 Å². The maximum atomic E-state index is 9.30. The molecule has 1 aliphatic carbocycles. The molecule has 0 aromatic heterocycles. The Bertz CT molecular complexity index is 263. The van der Waals surface area contributed by atoms with Gasteiger partial charge >= 0.3 is 0 Å². The molecule has 2 N–H and O–H groups in total. The molecule has 0 bridgehead atoms. The van der Waals surface area contributed by atoms with Crippen molar-refractivity contribution in [2.24, 2.45) is 5.41 Å². The van der Waals surface area contributed by atoms with Gasteiger partial charge in [-0.1, -0.05) is 13.3 Å². The monoisotopic (exact) mass is 284 g/mol. The molecule has 4 heteroatoms. The maximum Gasteiger partial charge on any atom is 0.0558 e. The van der Waals surface area contributed by atoms with Crippen LogP contribution in [-0.4, -0.2) is 62.0 Å². The van der Waals surface area contributed by atoms with Gasteiger partial charge in [-0.2, -0.15) is 0 Å². The third-order valence-corrected chi connectivity index (χ3v) is 4.70. The first-order valence-corrected chi connectivity index (χ1v) is 8.42. The van der Waals surface area contributed by atoms with Crippen LogP contribution < -0.4 is 5.32 Å². The van der Waals surface area contributed by atoms with Crippen LogP contribution in [0.25, 0.3) is 0 Å². The predicted molar refractivity (Wildman–Crippen MR) is 81.9 cm³/mol. The third kappa shape index (κ3) is 5.32. The van der Waals surface area contributed by atoms with Crippen molar-refractivity contribution in [2.75, 3.05) is 46.0 Å². The topological polar surface area (TPSA) is 44.7 Å². The van der Waals surface area contributed by atoms with Crippen molar-refractivity contribution >= 4 is 0 Å². The molecule has 4 nitrogen and oxygen atoms in total. The fourth-order valence-corrected chi connectivity index (χ4v) is 3.11. The molecule has 0 spiro atoms. The van der Waals surface area contributed by atoms with E-state index in [1.54, 1.807) is 0 Å². The molecule has 1 heterocycles. The fraction of sp³-hybridized carbons (Fsp3) is 1.00. The summed E-state index contributed by atoms with van der Waals surface area (Å²) in [5.74, 6) is 0. The van der Waals surface area contributed by atoms with Crippen molar-refractivity contribution in [2.45, 2.75) is 51.5 Å². The highest BCUT2D eigenvalue weighted by atomic mass is 16.5. The first kappa shape index (κ1) is 16.2. The zero-order valence-electron chi connectivity index (χ0n) is 13.1. The molecule has 2 aliphatic rings. The Balaban J connectivity index is 1.88. The van der Waals surface area contributed by atoms with E-state index in [1.165, 1.54) is 25.7 Å². The van der Waals surface area contributed by atoms with E-state index < -0.39 is 0 Å². The number of nitrogens with zero attached hydrogens (tertiary/aromatic N) is 1. The van der Waals surface area contributed by atoms with Crippen molar-refractivity contribution in [3.63, 3.8) is 0 Å². The number of hydrogen-bond donors (Lipinski definition) is 2. The highest BCUT2D eigenvalue weighted by Gasteiger charge is 2.35. The molecule has 1 saturated carbocycles. The zero-order chi connectivity index (χ0) is 14.3. The molecule has 0 amide bonds. The number of aliphatic hydroxyl groups is 1. The van der Waals surface area contributed by atoms with E-state index in [-0.39, 0.29) is 6.61 Å². The second-order valence-electron chi connectivity index (χ2n) is 6.62. The van der Waals surface area contributed by atoms with Gasteiger partial charge in [-0.25, -0.2) is 0 Å². The van der Waals surface area contributed by atoms with Crippen LogP contribution in [0, 0.1) is 5.41 Å². The van der Waals surface area contributed by atoms with Gasteiger partial charge < -0.3 is 20.1 Å². The molecule has 1 saturated heterocycles. The summed E-state index contributed by atoms with van der Waals surface area (Å²) < 4.78 is 5.57. The summed E-state index contributed by atoms with van der Waals surface area (Å²) in [4.78, 5) is 2.46. The molecule has 20 heavy (non-hydrogen) atoms. The van der Waals surface area contributed by atoms with Crippen LogP contribution in [0.4, 0.5) is 0 Å². The largest absolute Gasteiger partial charge is 0.395 e. The van der Waals surface area contributed by atoms with Gasteiger partial charge in [-0.3, -0.25) is 0 Å². The Morgan fingerprint density at radius 2 is 2.00 bits per heavy atom. The van der Waals surface area contributed by atoms with Crippen molar-refractivity contribution in [3.05, 3.63) is 0 Å². The Labute approximate surface area is 123 Å². The summed E-state index contributed by atoms with van der Waals surface area (Å²) in [6.07, 6.45) is 7.45. The Morgan fingerprint density at radius 3 is 2.60 bits per heavy atom. The van der Waals surface area contributed by atoms with Crippen molar-refractivity contribution < 1.29 is 9.84 Å². The van der Waals surface area contributed by atoms with Gasteiger partial charge in [0.1, 0.15) is 0 Å². The SMILES string of the molecule is CCCCN(CCO)CC1(CNC2CC2)CCOCC1.